The zero-order valence-corrected chi connectivity index (χ0v) is 49.8. The van der Waals surface area contributed by atoms with E-state index in [1.165, 1.54) is 18.2 Å². The highest BCUT2D eigenvalue weighted by atomic mass is 16.8. The van der Waals surface area contributed by atoms with E-state index in [1.54, 1.807) is 41.5 Å². The molecular formula is C60H88N2O22. The van der Waals surface area contributed by atoms with Crippen LogP contribution in [0.15, 0.2) is 18.2 Å². The lowest BCUT2D eigenvalue weighted by atomic mass is 9.73. The molecule has 0 amide bonds. The minimum absolute atomic E-state index is 0.0514. The number of carbonyl (C=O) groups excluding carboxylic acids is 2. The van der Waals surface area contributed by atoms with Gasteiger partial charge in [-0.2, -0.15) is 0 Å². The topological polar surface area (TPSA) is 313 Å². The highest BCUT2D eigenvalue weighted by molar-refractivity contribution is 6.31. The van der Waals surface area contributed by atoms with Gasteiger partial charge in [-0.1, -0.05) is 19.1 Å². The van der Waals surface area contributed by atoms with Crippen LogP contribution < -0.4 is 0 Å². The summed E-state index contributed by atoms with van der Waals surface area (Å²) in [7, 11) is 7.49. The summed E-state index contributed by atoms with van der Waals surface area (Å²) in [5.41, 5.74) is -1.97. The number of hydrogen-bond acceptors (Lipinski definition) is 24. The van der Waals surface area contributed by atoms with E-state index >= 15 is 0 Å². The minimum Gasteiger partial charge on any atom is -0.507 e. The smallest absolute Gasteiger partial charge is 0.202 e. The molecule has 1 aliphatic carbocycles. The maximum atomic E-state index is 14.6. The Hall–Kier alpha value is -3.58. The van der Waals surface area contributed by atoms with E-state index in [0.29, 0.717) is 32.1 Å². The number of ether oxygens (including phenoxy) is 12. The number of fused-ring (bicyclic) bond motifs is 3. The second kappa shape index (κ2) is 25.5. The standard InChI is InChI=1S/C60H88N2O22/c1-12-60(72)33(20-31-21-34(61(8)9)55(27(4)73-31)81-44-23-39(66)57(29(6)77-44)79-41-18-16-36(63)25(2)74-41)47-50(54(71)49-48(53(47)70)51(68)32-14-13-15-38(65)46(32)52(49)69)59(84-60)83-43-22-35(62(10)11)56(28(5)76-43)82-45-24-40(67)58(30(7)78-45)80-42-19-17-37(64)26(3)75-42/h13-15,25-31,33-37,39-45,55-59,63-67,70-72H,12,16-24H2,1-11H3. The molecule has 0 saturated carbocycles. The molecule has 0 aromatic heterocycles. The molecule has 7 aliphatic heterocycles. The second-order valence-electron chi connectivity index (χ2n) is 24.9. The molecule has 8 aliphatic rings. The number of phenolic OH excluding ortho intramolecular Hbond substituents is 3. The largest absolute Gasteiger partial charge is 0.507 e. The van der Waals surface area contributed by atoms with Crippen molar-refractivity contribution in [1.29, 1.82) is 0 Å². The summed E-state index contributed by atoms with van der Waals surface area (Å²) >= 11 is 0. The van der Waals surface area contributed by atoms with Gasteiger partial charge < -0.3 is 107 Å². The van der Waals surface area contributed by atoms with Crippen LogP contribution in [-0.2, 0) is 56.8 Å². The molecule has 2 aromatic rings. The molecule has 2 aromatic carbocycles. The van der Waals surface area contributed by atoms with E-state index in [9.17, 15) is 50.4 Å². The van der Waals surface area contributed by atoms with Crippen LogP contribution in [0.4, 0.5) is 0 Å². The summed E-state index contributed by atoms with van der Waals surface area (Å²) in [5.74, 6) is -7.14. The molecule has 25 unspecified atom stereocenters. The average molecular weight is 1190 g/mol. The Labute approximate surface area is 490 Å². The van der Waals surface area contributed by atoms with Crippen molar-refractivity contribution in [3.63, 3.8) is 0 Å². The summed E-state index contributed by atoms with van der Waals surface area (Å²) in [6.45, 7) is 12.4. The van der Waals surface area contributed by atoms with E-state index < -0.39 is 187 Å². The molecule has 10 rings (SSSR count). The number of carbonyl (C=O) groups is 2. The Morgan fingerprint density at radius 1 is 0.524 bits per heavy atom. The number of aliphatic hydroxyl groups excluding tert-OH is 4. The highest BCUT2D eigenvalue weighted by Crippen LogP contribution is 2.58. The quantitative estimate of drug-likeness (QED) is 0.101. The molecule has 84 heavy (non-hydrogen) atoms. The lowest BCUT2D eigenvalue weighted by molar-refractivity contribution is -0.369. The first kappa shape index (κ1) is 63.4. The third kappa shape index (κ3) is 12.4. The fourth-order valence-corrected chi connectivity index (χ4v) is 13.9. The van der Waals surface area contributed by atoms with Gasteiger partial charge in [0, 0.05) is 61.2 Å². The first-order chi connectivity index (χ1) is 39.8. The van der Waals surface area contributed by atoms with Gasteiger partial charge >= 0.3 is 0 Å². The average Bonchev–Trinajstić information content (AvgIpc) is 0.985. The van der Waals surface area contributed by atoms with E-state index in [1.807, 2.05) is 44.9 Å². The maximum absolute atomic E-state index is 14.6. The van der Waals surface area contributed by atoms with Crippen molar-refractivity contribution < 1.29 is 107 Å². The van der Waals surface area contributed by atoms with Gasteiger partial charge in [0.15, 0.2) is 49.3 Å². The Bertz CT molecular complexity index is 2640. The van der Waals surface area contributed by atoms with Gasteiger partial charge in [-0.05, 0) is 108 Å². The second-order valence-corrected chi connectivity index (χ2v) is 24.9. The predicted molar refractivity (Wildman–Crippen MR) is 294 cm³/mol. The molecule has 0 spiro atoms. The summed E-state index contributed by atoms with van der Waals surface area (Å²) in [5, 5.41) is 92.4. The van der Waals surface area contributed by atoms with E-state index in [2.05, 4.69) is 0 Å². The van der Waals surface area contributed by atoms with Crippen LogP contribution in [0.5, 0.6) is 17.2 Å². The van der Waals surface area contributed by atoms with Crippen molar-refractivity contribution >= 4 is 11.6 Å². The van der Waals surface area contributed by atoms with Gasteiger partial charge in [0.2, 0.25) is 5.78 Å². The number of hydrogen-bond donors (Lipinski definition) is 8. The zero-order chi connectivity index (χ0) is 60.5. The lowest BCUT2D eigenvalue weighted by Crippen LogP contribution is -2.58. The Morgan fingerprint density at radius 2 is 0.976 bits per heavy atom. The van der Waals surface area contributed by atoms with Crippen LogP contribution in [0.1, 0.15) is 168 Å². The fraction of sp³-hybridized carbons (Fsp3) is 0.767. The SMILES string of the molecule is CCC1(O)OC(OC2CC(N(C)C)C(OC3CC(O)C(OC4CCC(O)C(C)O4)C(C)O3)C(C)O2)c2c(O)c3c(c(O)c2C1CC1CC(N(C)C)C(OC2CC(O)C(OC4CCC(O)C(C)O4)C(C)O2)C(C)O1)C(=O)c1cccc(O)c1C3=O. The lowest BCUT2D eigenvalue weighted by Gasteiger charge is -2.50. The molecule has 25 atom stereocenters. The number of phenols is 3. The summed E-state index contributed by atoms with van der Waals surface area (Å²) in [6.07, 6.45) is -13.4. The zero-order valence-electron chi connectivity index (χ0n) is 49.8. The molecule has 470 valence electrons. The Balaban J connectivity index is 0.894. The molecule has 6 fully saturated rings. The summed E-state index contributed by atoms with van der Waals surface area (Å²) in [4.78, 5) is 33.0. The van der Waals surface area contributed by atoms with Crippen molar-refractivity contribution in [3.8, 4) is 17.2 Å². The molecule has 0 bridgehead atoms. The van der Waals surface area contributed by atoms with Gasteiger partial charge in [-0.15, -0.1) is 0 Å². The van der Waals surface area contributed by atoms with Crippen LogP contribution in [0.3, 0.4) is 0 Å². The van der Waals surface area contributed by atoms with Crippen LogP contribution in [0, 0.1) is 0 Å². The third-order valence-corrected chi connectivity index (χ3v) is 18.7. The van der Waals surface area contributed by atoms with E-state index in [-0.39, 0.29) is 60.4 Å². The third-order valence-electron chi connectivity index (χ3n) is 18.7. The number of benzene rings is 2. The van der Waals surface area contributed by atoms with E-state index in [0.717, 1.165) is 0 Å². The number of aromatic hydroxyl groups is 3. The molecule has 8 N–H and O–H groups in total. The van der Waals surface area contributed by atoms with Crippen molar-refractivity contribution in [3.05, 3.63) is 51.6 Å². The monoisotopic (exact) mass is 1190 g/mol. The van der Waals surface area contributed by atoms with Gasteiger partial charge in [0.05, 0.1) is 89.4 Å². The van der Waals surface area contributed by atoms with Crippen molar-refractivity contribution in [2.24, 2.45) is 0 Å². The molecule has 24 heteroatoms. The Morgan fingerprint density at radius 3 is 1.48 bits per heavy atom. The summed E-state index contributed by atoms with van der Waals surface area (Å²) in [6, 6.07) is 3.20. The van der Waals surface area contributed by atoms with Gasteiger partial charge in [-0.25, -0.2) is 0 Å². The molecule has 6 saturated heterocycles. The van der Waals surface area contributed by atoms with Crippen LogP contribution in [-0.4, -0.2) is 231 Å². The predicted octanol–water partition coefficient (Wildman–Crippen LogP) is 3.67. The van der Waals surface area contributed by atoms with Crippen LogP contribution >= 0.6 is 0 Å². The van der Waals surface area contributed by atoms with Crippen LogP contribution in [0.2, 0.25) is 0 Å². The number of ketones is 2. The number of nitrogens with zero attached hydrogens (tertiary/aromatic N) is 2. The highest BCUT2D eigenvalue weighted by Gasteiger charge is 2.56. The molecule has 0 radical (unpaired) electrons. The number of rotatable bonds is 15. The maximum Gasteiger partial charge on any atom is 0.202 e. The van der Waals surface area contributed by atoms with Gasteiger partial charge in [0.25, 0.3) is 0 Å². The van der Waals surface area contributed by atoms with Crippen LogP contribution in [0.25, 0.3) is 0 Å². The normalized spacial score (nSPS) is 42.8. The van der Waals surface area contributed by atoms with Gasteiger partial charge in [0.1, 0.15) is 41.7 Å². The minimum atomic E-state index is -2.18. The first-order valence-corrected chi connectivity index (χ1v) is 29.9. The Kier molecular flexibility index (Phi) is 19.3. The van der Waals surface area contributed by atoms with Crippen molar-refractivity contribution in [2.75, 3.05) is 28.2 Å². The molecule has 24 nitrogen and oxygen atoms in total. The summed E-state index contributed by atoms with van der Waals surface area (Å²) < 4.78 is 76.6. The van der Waals surface area contributed by atoms with Crippen molar-refractivity contribution in [1.82, 2.24) is 9.80 Å². The number of likely N-dealkylation sites (N-methyl/N-ethyl adjacent to an activating group) is 2. The fourth-order valence-electron chi connectivity index (χ4n) is 13.9. The van der Waals surface area contributed by atoms with E-state index in [4.69, 9.17) is 56.8 Å². The molecule has 7 heterocycles. The first-order valence-electron chi connectivity index (χ1n) is 29.9. The van der Waals surface area contributed by atoms with Gasteiger partial charge in [-0.3, -0.25) is 9.59 Å². The molecular weight excluding hydrogens is 1100 g/mol. The number of aliphatic hydroxyl groups is 5. The van der Waals surface area contributed by atoms with Crippen molar-refractivity contribution in [2.45, 2.75) is 266 Å².